The molecule has 246 valence electrons. The third-order valence-corrected chi connectivity index (χ3v) is 11.4. The normalized spacial score (nSPS) is 12.2. The number of nitrogens with zero attached hydrogens (tertiary/aromatic N) is 3. The molecule has 0 saturated carbocycles. The van der Waals surface area contributed by atoms with Crippen molar-refractivity contribution in [2.75, 3.05) is 0 Å². The molecule has 0 aliphatic heterocycles. The van der Waals surface area contributed by atoms with E-state index >= 15 is 0 Å². The topological polar surface area (TPSA) is 14.8 Å². The van der Waals surface area contributed by atoms with Gasteiger partial charge in [-0.2, -0.15) is 0 Å². The van der Waals surface area contributed by atoms with Crippen LogP contribution in [0.25, 0.3) is 104 Å². The summed E-state index contributed by atoms with van der Waals surface area (Å²) in [5.41, 5.74) is 10.8. The molecule has 0 saturated heterocycles. The van der Waals surface area contributed by atoms with Crippen molar-refractivity contribution in [3.05, 3.63) is 188 Å². The van der Waals surface area contributed by atoms with Crippen LogP contribution in [-0.4, -0.2) is 13.7 Å². The number of hydrogen-bond acceptors (Lipinski definition) is 0. The SMILES string of the molecule is c1ccc(-n2c3ccccc3c3ccc4ccc5c(ccc6c5c5ccccc5n6-c5cccc(-n6c7ccccc7c7ccccc76)c5)c4c32)cc1. The molecule has 0 aliphatic carbocycles. The van der Waals surface area contributed by atoms with E-state index in [0.29, 0.717) is 0 Å². The number of rotatable bonds is 3. The van der Waals surface area contributed by atoms with Gasteiger partial charge < -0.3 is 13.7 Å². The van der Waals surface area contributed by atoms with Crippen molar-refractivity contribution in [1.82, 2.24) is 13.7 Å². The Morgan fingerprint density at radius 1 is 0.245 bits per heavy atom. The molecule has 9 aromatic carbocycles. The third kappa shape index (κ3) is 3.88. The first kappa shape index (κ1) is 28.6. The summed E-state index contributed by atoms with van der Waals surface area (Å²) in [5.74, 6) is 0. The molecule has 0 amide bonds. The van der Waals surface area contributed by atoms with Gasteiger partial charge in [-0.25, -0.2) is 0 Å². The minimum absolute atomic E-state index is 1.14. The highest BCUT2D eigenvalue weighted by molar-refractivity contribution is 6.31. The highest BCUT2D eigenvalue weighted by Gasteiger charge is 2.20. The van der Waals surface area contributed by atoms with Gasteiger partial charge in [0, 0.05) is 54.8 Å². The van der Waals surface area contributed by atoms with Gasteiger partial charge in [0.25, 0.3) is 0 Å². The van der Waals surface area contributed by atoms with Gasteiger partial charge in [-0.3, -0.25) is 0 Å². The molecule has 12 rings (SSSR count). The van der Waals surface area contributed by atoms with Gasteiger partial charge in [-0.05, 0) is 76.8 Å². The van der Waals surface area contributed by atoms with Crippen LogP contribution in [0.5, 0.6) is 0 Å². The number of hydrogen-bond donors (Lipinski definition) is 0. The fourth-order valence-electron chi connectivity index (χ4n) is 9.24. The van der Waals surface area contributed by atoms with E-state index in [-0.39, 0.29) is 0 Å². The lowest BCUT2D eigenvalue weighted by Crippen LogP contribution is -1.98. The molecule has 3 aromatic heterocycles. The van der Waals surface area contributed by atoms with Gasteiger partial charge >= 0.3 is 0 Å². The zero-order valence-corrected chi connectivity index (χ0v) is 28.7. The summed E-state index contributed by atoms with van der Waals surface area (Å²) in [4.78, 5) is 0. The molecule has 0 aliphatic rings. The summed E-state index contributed by atoms with van der Waals surface area (Å²) in [7, 11) is 0. The monoisotopic (exact) mass is 673 g/mol. The molecule has 0 fully saturated rings. The van der Waals surface area contributed by atoms with Gasteiger partial charge in [0.15, 0.2) is 0 Å². The minimum Gasteiger partial charge on any atom is -0.309 e. The zero-order chi connectivity index (χ0) is 34.6. The molecule has 0 atom stereocenters. The van der Waals surface area contributed by atoms with Crippen molar-refractivity contribution in [2.24, 2.45) is 0 Å². The minimum atomic E-state index is 1.14. The van der Waals surface area contributed by atoms with Crippen molar-refractivity contribution >= 4 is 87.0 Å². The molecule has 0 N–H and O–H groups in total. The van der Waals surface area contributed by atoms with Crippen molar-refractivity contribution in [1.29, 1.82) is 0 Å². The molecular formula is C50H31N3. The number of benzene rings is 9. The molecule has 0 bridgehead atoms. The van der Waals surface area contributed by atoms with Crippen LogP contribution in [0, 0.1) is 0 Å². The van der Waals surface area contributed by atoms with Crippen LogP contribution >= 0.6 is 0 Å². The summed E-state index contributed by atoms with van der Waals surface area (Å²) in [6, 6.07) is 68.9. The van der Waals surface area contributed by atoms with Crippen LogP contribution in [0.2, 0.25) is 0 Å². The molecule has 53 heavy (non-hydrogen) atoms. The summed E-state index contributed by atoms with van der Waals surface area (Å²) in [5, 5.41) is 12.7. The average Bonchev–Trinajstić information content (AvgIpc) is 3.87. The Labute approximate surface area is 304 Å². The Morgan fingerprint density at radius 2 is 0.698 bits per heavy atom. The summed E-state index contributed by atoms with van der Waals surface area (Å²) in [6.45, 7) is 0. The van der Waals surface area contributed by atoms with Crippen molar-refractivity contribution in [2.45, 2.75) is 0 Å². The lowest BCUT2D eigenvalue weighted by molar-refractivity contribution is 1.13. The van der Waals surface area contributed by atoms with E-state index in [0.717, 1.165) is 11.4 Å². The molecule has 12 aromatic rings. The molecular weight excluding hydrogens is 643 g/mol. The Kier molecular flexibility index (Phi) is 5.77. The van der Waals surface area contributed by atoms with Gasteiger partial charge in [-0.1, -0.05) is 127 Å². The lowest BCUT2D eigenvalue weighted by Gasteiger charge is -2.14. The maximum atomic E-state index is 2.46. The van der Waals surface area contributed by atoms with Crippen molar-refractivity contribution in [3.63, 3.8) is 0 Å². The van der Waals surface area contributed by atoms with Gasteiger partial charge in [0.2, 0.25) is 0 Å². The van der Waals surface area contributed by atoms with E-state index in [4.69, 9.17) is 0 Å². The second kappa shape index (κ2) is 10.7. The Morgan fingerprint density at radius 3 is 1.36 bits per heavy atom. The van der Waals surface area contributed by atoms with E-state index in [1.165, 1.54) is 92.6 Å². The first-order valence-corrected chi connectivity index (χ1v) is 18.3. The molecule has 0 unspecified atom stereocenters. The van der Waals surface area contributed by atoms with Crippen molar-refractivity contribution in [3.8, 4) is 17.1 Å². The van der Waals surface area contributed by atoms with Crippen LogP contribution in [-0.2, 0) is 0 Å². The summed E-state index contributed by atoms with van der Waals surface area (Å²) < 4.78 is 7.31. The summed E-state index contributed by atoms with van der Waals surface area (Å²) in [6.07, 6.45) is 0. The van der Waals surface area contributed by atoms with Gasteiger partial charge in [0.05, 0.1) is 33.1 Å². The lowest BCUT2D eigenvalue weighted by atomic mass is 9.96. The van der Waals surface area contributed by atoms with Crippen LogP contribution < -0.4 is 0 Å². The van der Waals surface area contributed by atoms with E-state index in [9.17, 15) is 0 Å². The largest absolute Gasteiger partial charge is 0.309 e. The zero-order valence-electron chi connectivity index (χ0n) is 28.7. The van der Waals surface area contributed by atoms with Crippen LogP contribution in [0.4, 0.5) is 0 Å². The molecule has 0 spiro atoms. The number of fused-ring (bicyclic) bond motifs is 14. The van der Waals surface area contributed by atoms with Crippen LogP contribution in [0.3, 0.4) is 0 Å². The van der Waals surface area contributed by atoms with Crippen molar-refractivity contribution < 1.29 is 0 Å². The summed E-state index contributed by atoms with van der Waals surface area (Å²) >= 11 is 0. The maximum absolute atomic E-state index is 2.46. The predicted molar refractivity (Wildman–Crippen MR) is 224 cm³/mol. The average molecular weight is 674 g/mol. The van der Waals surface area contributed by atoms with Gasteiger partial charge in [0.1, 0.15) is 0 Å². The van der Waals surface area contributed by atoms with E-state index in [1.54, 1.807) is 0 Å². The Bertz CT molecular complexity index is 3400. The molecule has 3 nitrogen and oxygen atoms in total. The third-order valence-electron chi connectivity index (χ3n) is 11.4. The van der Waals surface area contributed by atoms with Crippen LogP contribution in [0.1, 0.15) is 0 Å². The predicted octanol–water partition coefficient (Wildman–Crippen LogP) is 13.3. The standard InChI is InChI=1S/C50H31N3/c1-2-13-33(14-3-1)53-45-23-10-6-19-38(45)41-28-26-32-25-27-40-39(48(32)50(41)53)29-30-47-49(40)42-20-7-11-24-46(42)52(47)35-16-12-15-34(31-35)51-43-21-8-4-17-36(43)37-18-5-9-22-44(37)51/h1-31H. The second-order valence-corrected chi connectivity index (χ2v) is 14.1. The quantitative estimate of drug-likeness (QED) is 0.166. The first-order chi connectivity index (χ1) is 26.3. The van der Waals surface area contributed by atoms with E-state index in [1.807, 2.05) is 0 Å². The number of aromatic nitrogens is 3. The number of para-hydroxylation sites is 5. The highest BCUT2D eigenvalue weighted by atomic mass is 15.0. The highest BCUT2D eigenvalue weighted by Crippen LogP contribution is 2.43. The molecule has 3 heteroatoms. The first-order valence-electron chi connectivity index (χ1n) is 18.3. The maximum Gasteiger partial charge on any atom is 0.0625 e. The molecule has 0 radical (unpaired) electrons. The van der Waals surface area contributed by atoms with Crippen LogP contribution in [0.15, 0.2) is 188 Å². The smallest absolute Gasteiger partial charge is 0.0625 e. The fourth-order valence-corrected chi connectivity index (χ4v) is 9.24. The fraction of sp³-hybridized carbons (Fsp3) is 0. The van der Waals surface area contributed by atoms with E-state index < -0.39 is 0 Å². The second-order valence-electron chi connectivity index (χ2n) is 14.1. The van der Waals surface area contributed by atoms with E-state index in [2.05, 4.69) is 202 Å². The van der Waals surface area contributed by atoms with Gasteiger partial charge in [-0.15, -0.1) is 0 Å². The Hall–Kier alpha value is -7.10. The Balaban J connectivity index is 1.17. The molecule has 3 heterocycles.